The maximum atomic E-state index is 12.6. The molecular formula is C9H9F3N2. The average molecular weight is 202 g/mol. The third kappa shape index (κ3) is 1.97. The molecule has 0 bridgehead atoms. The number of nitrogens with one attached hydrogen (secondary N) is 1. The number of nitrogens with zero attached hydrogens (tertiary/aromatic N) is 1. The van der Waals surface area contributed by atoms with Crippen LogP contribution in [0.15, 0.2) is 18.2 Å². The Kier molecular flexibility index (Phi) is 2.09. The van der Waals surface area contributed by atoms with Gasteiger partial charge in [-0.25, -0.2) is 13.8 Å². The van der Waals surface area contributed by atoms with Crippen molar-refractivity contribution in [2.24, 2.45) is 0 Å². The molecule has 1 aliphatic rings. The van der Waals surface area contributed by atoms with Gasteiger partial charge in [-0.15, -0.1) is 0 Å². The van der Waals surface area contributed by atoms with Crippen molar-refractivity contribution in [3.05, 3.63) is 24.1 Å². The molecular weight excluding hydrogens is 193 g/mol. The van der Waals surface area contributed by atoms with Gasteiger partial charge in [0.2, 0.25) is 5.95 Å². The molecule has 1 saturated carbocycles. The highest BCUT2D eigenvalue weighted by atomic mass is 19.3. The summed E-state index contributed by atoms with van der Waals surface area (Å²) < 4.78 is 37.5. The van der Waals surface area contributed by atoms with Gasteiger partial charge in [0.25, 0.3) is 5.92 Å². The minimum Gasteiger partial charge on any atom is -0.367 e. The lowest BCUT2D eigenvalue weighted by molar-refractivity contribution is -0.0794. The fourth-order valence-corrected chi connectivity index (χ4v) is 1.46. The van der Waals surface area contributed by atoms with Gasteiger partial charge in [-0.1, -0.05) is 6.07 Å². The Morgan fingerprint density at radius 1 is 1.36 bits per heavy atom. The molecule has 0 spiro atoms. The molecule has 0 saturated heterocycles. The number of hydrogen-bond donors (Lipinski definition) is 1. The van der Waals surface area contributed by atoms with Crippen LogP contribution >= 0.6 is 0 Å². The lowest BCUT2D eigenvalue weighted by Crippen LogP contribution is -2.44. The first-order chi connectivity index (χ1) is 6.55. The van der Waals surface area contributed by atoms with Gasteiger partial charge in [-0.05, 0) is 12.1 Å². The lowest BCUT2D eigenvalue weighted by atomic mass is 9.88. The zero-order valence-corrected chi connectivity index (χ0v) is 7.30. The maximum Gasteiger partial charge on any atom is 0.252 e. The van der Waals surface area contributed by atoms with Gasteiger partial charge in [-0.2, -0.15) is 4.39 Å². The summed E-state index contributed by atoms with van der Waals surface area (Å²) in [6.45, 7) is 0. The second-order valence-electron chi connectivity index (χ2n) is 3.45. The number of halogens is 3. The smallest absolute Gasteiger partial charge is 0.252 e. The standard InChI is InChI=1S/C9H9F3N2/c10-7-2-1-3-8(14-7)13-6-4-9(11,12)5-6/h1-3,6H,4-5H2,(H,13,14). The quantitative estimate of drug-likeness (QED) is 0.745. The molecule has 0 radical (unpaired) electrons. The monoisotopic (exact) mass is 202 g/mol. The average Bonchev–Trinajstić information content (AvgIpc) is 2.00. The van der Waals surface area contributed by atoms with E-state index in [-0.39, 0.29) is 18.9 Å². The Balaban J connectivity index is 1.93. The van der Waals surface area contributed by atoms with Crippen molar-refractivity contribution in [1.29, 1.82) is 0 Å². The topological polar surface area (TPSA) is 24.9 Å². The van der Waals surface area contributed by atoms with E-state index >= 15 is 0 Å². The zero-order valence-electron chi connectivity index (χ0n) is 7.30. The second kappa shape index (κ2) is 3.15. The highest BCUT2D eigenvalue weighted by molar-refractivity contribution is 5.36. The third-order valence-electron chi connectivity index (χ3n) is 2.16. The molecule has 1 aromatic heterocycles. The van der Waals surface area contributed by atoms with Crippen LogP contribution < -0.4 is 5.32 Å². The van der Waals surface area contributed by atoms with Gasteiger partial charge in [-0.3, -0.25) is 0 Å². The summed E-state index contributed by atoms with van der Waals surface area (Å²) >= 11 is 0. The molecule has 1 heterocycles. The molecule has 5 heteroatoms. The lowest BCUT2D eigenvalue weighted by Gasteiger charge is -2.35. The fourth-order valence-electron chi connectivity index (χ4n) is 1.46. The molecule has 0 amide bonds. The summed E-state index contributed by atoms with van der Waals surface area (Å²) in [6.07, 6.45) is -0.406. The van der Waals surface area contributed by atoms with Crippen LogP contribution in [0.2, 0.25) is 0 Å². The van der Waals surface area contributed by atoms with Crippen LogP contribution in [0.1, 0.15) is 12.8 Å². The summed E-state index contributed by atoms with van der Waals surface area (Å²) in [5, 5.41) is 2.74. The molecule has 14 heavy (non-hydrogen) atoms. The second-order valence-corrected chi connectivity index (χ2v) is 3.45. The molecule has 0 aromatic carbocycles. The van der Waals surface area contributed by atoms with E-state index < -0.39 is 11.9 Å². The molecule has 1 aromatic rings. The SMILES string of the molecule is Fc1cccc(NC2CC(F)(F)C2)n1. The molecule has 0 aliphatic heterocycles. The van der Waals surface area contributed by atoms with Crippen LogP contribution in [0.4, 0.5) is 19.0 Å². The number of rotatable bonds is 2. The maximum absolute atomic E-state index is 12.6. The van der Waals surface area contributed by atoms with Crippen LogP contribution in [0.5, 0.6) is 0 Å². The highest BCUT2D eigenvalue weighted by Crippen LogP contribution is 2.38. The first-order valence-electron chi connectivity index (χ1n) is 4.32. The number of hydrogen-bond acceptors (Lipinski definition) is 2. The van der Waals surface area contributed by atoms with Crippen molar-refractivity contribution in [2.75, 3.05) is 5.32 Å². The molecule has 1 fully saturated rings. The third-order valence-corrected chi connectivity index (χ3v) is 2.16. The van der Waals surface area contributed by atoms with Crippen molar-refractivity contribution < 1.29 is 13.2 Å². The summed E-state index contributed by atoms with van der Waals surface area (Å²) in [7, 11) is 0. The Morgan fingerprint density at radius 3 is 2.64 bits per heavy atom. The van der Waals surface area contributed by atoms with Crippen LogP contribution in [-0.4, -0.2) is 16.9 Å². The van der Waals surface area contributed by atoms with Crippen LogP contribution in [0, 0.1) is 5.95 Å². The summed E-state index contributed by atoms with van der Waals surface area (Å²) in [5.41, 5.74) is 0. The first-order valence-corrected chi connectivity index (χ1v) is 4.32. The minimum absolute atomic E-state index is 0.203. The predicted molar refractivity (Wildman–Crippen MR) is 45.8 cm³/mol. The Hall–Kier alpha value is -1.26. The molecule has 0 unspecified atom stereocenters. The van der Waals surface area contributed by atoms with Gasteiger partial charge < -0.3 is 5.32 Å². The van der Waals surface area contributed by atoms with Crippen LogP contribution in [0.3, 0.4) is 0 Å². The molecule has 76 valence electrons. The largest absolute Gasteiger partial charge is 0.367 e. The Labute approximate surface area is 79.2 Å². The van der Waals surface area contributed by atoms with Gasteiger partial charge in [0.1, 0.15) is 5.82 Å². The number of alkyl halides is 2. The first kappa shape index (κ1) is 9.30. The Bertz CT molecular complexity index is 333. The zero-order chi connectivity index (χ0) is 10.2. The van der Waals surface area contributed by atoms with E-state index in [0.717, 1.165) is 0 Å². The van der Waals surface area contributed by atoms with E-state index in [2.05, 4.69) is 10.3 Å². The highest BCUT2D eigenvalue weighted by Gasteiger charge is 2.45. The van der Waals surface area contributed by atoms with E-state index in [1.807, 2.05) is 0 Å². The molecule has 1 aliphatic carbocycles. The van der Waals surface area contributed by atoms with E-state index in [1.165, 1.54) is 12.1 Å². The van der Waals surface area contributed by atoms with E-state index in [4.69, 9.17) is 0 Å². The fraction of sp³-hybridized carbons (Fsp3) is 0.444. The summed E-state index contributed by atoms with van der Waals surface area (Å²) in [6, 6.07) is 3.96. The van der Waals surface area contributed by atoms with Crippen molar-refractivity contribution in [1.82, 2.24) is 4.98 Å². The van der Waals surface area contributed by atoms with Crippen molar-refractivity contribution in [3.8, 4) is 0 Å². The van der Waals surface area contributed by atoms with Gasteiger partial charge in [0.05, 0.1) is 0 Å². The van der Waals surface area contributed by atoms with Crippen LogP contribution in [-0.2, 0) is 0 Å². The summed E-state index contributed by atoms with van der Waals surface area (Å²) in [4.78, 5) is 3.52. The molecule has 1 N–H and O–H groups in total. The molecule has 0 atom stereocenters. The number of anilines is 1. The molecule has 2 rings (SSSR count). The van der Waals surface area contributed by atoms with E-state index in [0.29, 0.717) is 5.82 Å². The molecule has 2 nitrogen and oxygen atoms in total. The normalized spacial score (nSPS) is 20.2. The number of pyridine rings is 1. The van der Waals surface area contributed by atoms with Crippen molar-refractivity contribution >= 4 is 5.82 Å². The summed E-state index contributed by atoms with van der Waals surface area (Å²) in [5.74, 6) is -2.86. The van der Waals surface area contributed by atoms with Crippen LogP contribution in [0.25, 0.3) is 0 Å². The van der Waals surface area contributed by atoms with Gasteiger partial charge in [0.15, 0.2) is 0 Å². The number of aromatic nitrogens is 1. The van der Waals surface area contributed by atoms with E-state index in [1.54, 1.807) is 6.07 Å². The van der Waals surface area contributed by atoms with Crippen molar-refractivity contribution in [2.45, 2.75) is 24.8 Å². The minimum atomic E-state index is -2.56. The Morgan fingerprint density at radius 2 is 2.07 bits per heavy atom. The van der Waals surface area contributed by atoms with Crippen molar-refractivity contribution in [3.63, 3.8) is 0 Å². The predicted octanol–water partition coefficient (Wildman–Crippen LogP) is 2.43. The van der Waals surface area contributed by atoms with Gasteiger partial charge in [0, 0.05) is 18.9 Å². The van der Waals surface area contributed by atoms with Gasteiger partial charge >= 0.3 is 0 Å². The van der Waals surface area contributed by atoms with E-state index in [9.17, 15) is 13.2 Å².